The van der Waals surface area contributed by atoms with Crippen LogP contribution in [-0.4, -0.2) is 57.8 Å². The van der Waals surface area contributed by atoms with E-state index in [0.29, 0.717) is 35.6 Å². The van der Waals surface area contributed by atoms with Gasteiger partial charge in [-0.2, -0.15) is 10.4 Å². The zero-order valence-corrected chi connectivity index (χ0v) is 15.7. The van der Waals surface area contributed by atoms with Crippen molar-refractivity contribution in [3.8, 4) is 6.07 Å². The molecule has 1 aromatic heterocycles. The molecular weight excluding hydrogens is 382 g/mol. The maximum absolute atomic E-state index is 14.1. The molecule has 8 nitrogen and oxygen atoms in total. The zero-order valence-electron chi connectivity index (χ0n) is 15.7. The number of anilines is 1. The van der Waals surface area contributed by atoms with E-state index in [4.69, 9.17) is 5.26 Å². The lowest BCUT2D eigenvalue weighted by molar-refractivity contribution is 0.0767. The number of alkyl halides is 1. The Morgan fingerprint density at radius 3 is 2.93 bits per heavy atom. The van der Waals surface area contributed by atoms with Crippen LogP contribution < -0.4 is 5.32 Å². The molecule has 0 fully saturated rings. The summed E-state index contributed by atoms with van der Waals surface area (Å²) in [6, 6.07) is 5.03. The molecule has 0 radical (unpaired) electrons. The van der Waals surface area contributed by atoms with Gasteiger partial charge in [0.2, 0.25) is 0 Å². The summed E-state index contributed by atoms with van der Waals surface area (Å²) in [5, 5.41) is 16.0. The third-order valence-corrected chi connectivity index (χ3v) is 5.12. The molecule has 2 aliphatic rings. The van der Waals surface area contributed by atoms with Crippen molar-refractivity contribution in [1.29, 1.82) is 5.26 Å². The van der Waals surface area contributed by atoms with Gasteiger partial charge in [0.05, 0.1) is 30.9 Å². The number of rotatable bonds is 1. The summed E-state index contributed by atoms with van der Waals surface area (Å²) in [5.74, 6) is -0.983. The van der Waals surface area contributed by atoms with Crippen LogP contribution in [0.5, 0.6) is 0 Å². The summed E-state index contributed by atoms with van der Waals surface area (Å²) >= 11 is 0. The first-order valence-corrected chi connectivity index (χ1v) is 9.11. The summed E-state index contributed by atoms with van der Waals surface area (Å²) in [4.78, 5) is 28.2. The molecule has 1 aromatic carbocycles. The Hall–Kier alpha value is -3.48. The van der Waals surface area contributed by atoms with E-state index < -0.39 is 18.0 Å². The number of fused-ring (bicyclic) bond motifs is 3. The predicted molar refractivity (Wildman–Crippen MR) is 98.3 cm³/mol. The molecule has 10 heteroatoms. The minimum absolute atomic E-state index is 0.00285. The lowest BCUT2D eigenvalue weighted by Gasteiger charge is -2.27. The fourth-order valence-electron chi connectivity index (χ4n) is 3.67. The van der Waals surface area contributed by atoms with Gasteiger partial charge in [-0.3, -0.25) is 9.48 Å². The molecule has 2 aliphatic heterocycles. The molecule has 1 N–H and O–H groups in total. The van der Waals surface area contributed by atoms with Crippen molar-refractivity contribution in [2.24, 2.45) is 0 Å². The van der Waals surface area contributed by atoms with Gasteiger partial charge in [-0.25, -0.2) is 13.6 Å². The van der Waals surface area contributed by atoms with Crippen molar-refractivity contribution in [3.05, 3.63) is 46.5 Å². The fraction of sp³-hybridized carbons (Fsp3) is 0.368. The lowest BCUT2D eigenvalue weighted by atomic mass is 10.0. The molecule has 29 heavy (non-hydrogen) atoms. The number of nitriles is 1. The Kier molecular flexibility index (Phi) is 4.66. The summed E-state index contributed by atoms with van der Waals surface area (Å²) in [6.07, 6.45) is -0.775. The molecule has 4 rings (SSSR count). The number of halogens is 2. The number of carbonyl (C=O) groups is 2. The van der Waals surface area contributed by atoms with Crippen molar-refractivity contribution < 1.29 is 18.4 Å². The third kappa shape index (κ3) is 3.40. The van der Waals surface area contributed by atoms with Crippen LogP contribution in [0.3, 0.4) is 0 Å². The highest BCUT2D eigenvalue weighted by molar-refractivity contribution is 5.95. The fourth-order valence-corrected chi connectivity index (χ4v) is 3.67. The average molecular weight is 400 g/mol. The van der Waals surface area contributed by atoms with Gasteiger partial charge < -0.3 is 15.1 Å². The van der Waals surface area contributed by atoms with Crippen LogP contribution in [-0.2, 0) is 19.5 Å². The molecule has 150 valence electrons. The van der Waals surface area contributed by atoms with E-state index in [1.165, 1.54) is 26.6 Å². The number of benzene rings is 1. The van der Waals surface area contributed by atoms with Gasteiger partial charge in [0.1, 0.15) is 23.8 Å². The Balaban J connectivity index is 1.57. The lowest BCUT2D eigenvalue weighted by Crippen LogP contribution is -2.39. The van der Waals surface area contributed by atoms with Gasteiger partial charge in [0.15, 0.2) is 0 Å². The number of hydrogen-bond acceptors (Lipinski definition) is 4. The van der Waals surface area contributed by atoms with Gasteiger partial charge in [0.25, 0.3) is 5.91 Å². The standard InChI is InChI=1S/C19H18F2N6O2/c1-25-8-12(20)9-27-17(18(25)28)14-10-26(5-4-16(14)24-27)19(29)23-13-2-3-15(21)11(6-13)7-22/h2-3,6,12H,4-5,8-10H2,1H3,(H,23,29). The minimum atomic E-state index is -1.21. The monoisotopic (exact) mass is 400 g/mol. The first-order valence-electron chi connectivity index (χ1n) is 9.11. The molecule has 0 aliphatic carbocycles. The second kappa shape index (κ2) is 7.16. The Morgan fingerprint density at radius 2 is 2.17 bits per heavy atom. The first-order chi connectivity index (χ1) is 13.9. The van der Waals surface area contributed by atoms with E-state index in [2.05, 4.69) is 10.4 Å². The zero-order chi connectivity index (χ0) is 20.7. The Morgan fingerprint density at radius 1 is 1.38 bits per heavy atom. The number of urea groups is 1. The van der Waals surface area contributed by atoms with Crippen LogP contribution in [0.4, 0.5) is 19.3 Å². The van der Waals surface area contributed by atoms with E-state index in [-0.39, 0.29) is 31.1 Å². The van der Waals surface area contributed by atoms with Crippen LogP contribution in [0.25, 0.3) is 0 Å². The maximum atomic E-state index is 14.1. The number of amides is 3. The van der Waals surface area contributed by atoms with E-state index in [1.807, 2.05) is 0 Å². The molecule has 0 spiro atoms. The molecule has 2 aromatic rings. The topological polar surface area (TPSA) is 94.3 Å². The van der Waals surface area contributed by atoms with Crippen molar-refractivity contribution in [3.63, 3.8) is 0 Å². The highest BCUT2D eigenvalue weighted by Gasteiger charge is 2.34. The second-order valence-electron chi connectivity index (χ2n) is 7.15. The largest absolute Gasteiger partial charge is 0.337 e. The van der Waals surface area contributed by atoms with E-state index in [1.54, 1.807) is 13.1 Å². The molecule has 3 amide bonds. The number of nitrogens with zero attached hydrogens (tertiary/aromatic N) is 5. The van der Waals surface area contributed by atoms with Gasteiger partial charge in [-0.1, -0.05) is 0 Å². The van der Waals surface area contributed by atoms with E-state index in [0.717, 1.165) is 6.07 Å². The second-order valence-corrected chi connectivity index (χ2v) is 7.15. The molecule has 0 bridgehead atoms. The highest BCUT2D eigenvalue weighted by Crippen LogP contribution is 2.26. The van der Waals surface area contributed by atoms with Crippen molar-refractivity contribution >= 4 is 17.6 Å². The van der Waals surface area contributed by atoms with E-state index >= 15 is 0 Å². The molecule has 1 unspecified atom stereocenters. The van der Waals surface area contributed by atoms with Gasteiger partial charge in [-0.15, -0.1) is 0 Å². The van der Waals surface area contributed by atoms with Crippen LogP contribution in [0, 0.1) is 17.1 Å². The number of carbonyl (C=O) groups excluding carboxylic acids is 2. The van der Waals surface area contributed by atoms with Crippen LogP contribution in [0.1, 0.15) is 27.3 Å². The van der Waals surface area contributed by atoms with Crippen molar-refractivity contribution in [2.75, 3.05) is 25.5 Å². The van der Waals surface area contributed by atoms with Gasteiger partial charge in [0, 0.05) is 31.3 Å². The highest BCUT2D eigenvalue weighted by atomic mass is 19.1. The smallest absolute Gasteiger partial charge is 0.322 e. The normalized spacial score (nSPS) is 18.6. The predicted octanol–water partition coefficient (Wildman–Crippen LogP) is 1.91. The minimum Gasteiger partial charge on any atom is -0.337 e. The summed E-state index contributed by atoms with van der Waals surface area (Å²) in [5.41, 5.74) is 1.75. The Labute approximate surface area is 165 Å². The van der Waals surface area contributed by atoms with E-state index in [9.17, 15) is 18.4 Å². The Bertz CT molecular complexity index is 1040. The first kappa shape index (κ1) is 18.9. The van der Waals surface area contributed by atoms with Crippen LogP contribution >= 0.6 is 0 Å². The maximum Gasteiger partial charge on any atom is 0.322 e. The molecule has 0 saturated heterocycles. The van der Waals surface area contributed by atoms with Gasteiger partial charge in [-0.05, 0) is 18.2 Å². The van der Waals surface area contributed by atoms with Crippen LogP contribution in [0.15, 0.2) is 18.2 Å². The molecule has 1 atom stereocenters. The quantitative estimate of drug-likeness (QED) is 0.791. The molecule has 3 heterocycles. The number of nitrogens with one attached hydrogen (secondary N) is 1. The average Bonchev–Trinajstić information content (AvgIpc) is 3.00. The summed E-state index contributed by atoms with van der Waals surface area (Å²) in [6.45, 7) is 0.508. The number of hydrogen-bond donors (Lipinski definition) is 1. The van der Waals surface area contributed by atoms with Gasteiger partial charge >= 0.3 is 6.03 Å². The number of aromatic nitrogens is 2. The summed E-state index contributed by atoms with van der Waals surface area (Å²) < 4.78 is 28.9. The van der Waals surface area contributed by atoms with Crippen molar-refractivity contribution in [2.45, 2.75) is 25.7 Å². The van der Waals surface area contributed by atoms with Crippen molar-refractivity contribution in [1.82, 2.24) is 19.6 Å². The third-order valence-electron chi connectivity index (χ3n) is 5.12. The molecular formula is C19H18F2N6O2. The summed E-state index contributed by atoms with van der Waals surface area (Å²) in [7, 11) is 1.54. The van der Waals surface area contributed by atoms with Crippen LogP contribution in [0.2, 0.25) is 0 Å². The SMILES string of the molecule is CN1CC(F)Cn2nc3c(c2C1=O)CN(C(=O)Nc1ccc(F)c(C#N)c1)CC3. The molecule has 0 saturated carbocycles.